The van der Waals surface area contributed by atoms with Crippen LogP contribution in [-0.2, 0) is 4.74 Å². The molecule has 2 aromatic rings. The highest BCUT2D eigenvalue weighted by Gasteiger charge is 2.32. The number of nitrogens with zero attached hydrogens (tertiary/aromatic N) is 1. The van der Waals surface area contributed by atoms with Crippen LogP contribution in [0, 0.1) is 0 Å². The maximum absolute atomic E-state index is 12.5. The summed E-state index contributed by atoms with van der Waals surface area (Å²) in [5.41, 5.74) is 4.53. The standard InChI is InChI=1S/C19H19NO2/c21-19(20-12-6-1-7-13-20)22-18-16-10-4-2-8-14(16)15-9-3-5-11-17(15)18/h2-5,8-11,18H,1,6-7,12-13H2. The summed E-state index contributed by atoms with van der Waals surface area (Å²) in [6, 6.07) is 16.4. The predicted molar refractivity (Wildman–Crippen MR) is 85.6 cm³/mol. The third kappa shape index (κ3) is 2.17. The number of fused-ring (bicyclic) bond motifs is 3. The fourth-order valence-corrected chi connectivity index (χ4v) is 3.49. The lowest BCUT2D eigenvalue weighted by Gasteiger charge is -2.27. The van der Waals surface area contributed by atoms with E-state index in [4.69, 9.17) is 4.74 Å². The molecule has 1 heterocycles. The first-order valence-corrected chi connectivity index (χ1v) is 7.98. The summed E-state index contributed by atoms with van der Waals surface area (Å²) < 4.78 is 5.89. The van der Waals surface area contributed by atoms with Gasteiger partial charge in [0.05, 0.1) is 0 Å². The summed E-state index contributed by atoms with van der Waals surface area (Å²) in [4.78, 5) is 14.3. The SMILES string of the molecule is O=C(OC1c2ccccc2-c2ccccc21)N1CCCCC1. The molecule has 3 heteroatoms. The predicted octanol–water partition coefficient (Wildman–Crippen LogP) is 4.38. The number of ether oxygens (including phenoxy) is 1. The largest absolute Gasteiger partial charge is 0.436 e. The lowest BCUT2D eigenvalue weighted by atomic mass is 10.1. The molecule has 0 atom stereocenters. The van der Waals surface area contributed by atoms with Crippen molar-refractivity contribution in [3.63, 3.8) is 0 Å². The normalized spacial score (nSPS) is 17.0. The minimum atomic E-state index is -0.276. The zero-order valence-electron chi connectivity index (χ0n) is 12.5. The van der Waals surface area contributed by atoms with Gasteiger partial charge in [0.1, 0.15) is 0 Å². The molecule has 0 spiro atoms. The molecule has 1 fully saturated rings. The summed E-state index contributed by atoms with van der Waals surface area (Å²) in [5, 5.41) is 0. The van der Waals surface area contributed by atoms with E-state index in [1.807, 2.05) is 29.2 Å². The first-order valence-electron chi connectivity index (χ1n) is 7.98. The third-order valence-corrected chi connectivity index (χ3v) is 4.61. The van der Waals surface area contributed by atoms with Crippen LogP contribution in [0.2, 0.25) is 0 Å². The number of carbonyl (C=O) groups excluding carboxylic acids is 1. The smallest absolute Gasteiger partial charge is 0.410 e. The molecule has 1 aliphatic heterocycles. The minimum Gasteiger partial charge on any atom is -0.436 e. The zero-order chi connectivity index (χ0) is 14.9. The first-order chi connectivity index (χ1) is 10.8. The van der Waals surface area contributed by atoms with Gasteiger partial charge in [0.2, 0.25) is 0 Å². The van der Waals surface area contributed by atoms with Gasteiger partial charge >= 0.3 is 6.09 Å². The number of carbonyl (C=O) groups is 1. The van der Waals surface area contributed by atoms with Crippen LogP contribution in [0.3, 0.4) is 0 Å². The average molecular weight is 293 g/mol. The van der Waals surface area contributed by atoms with Crippen LogP contribution in [-0.4, -0.2) is 24.1 Å². The molecule has 112 valence electrons. The van der Waals surface area contributed by atoms with Gasteiger partial charge in [-0.1, -0.05) is 48.5 Å². The Bertz CT molecular complexity index is 659. The van der Waals surface area contributed by atoms with Crippen LogP contribution in [0.1, 0.15) is 36.5 Å². The van der Waals surface area contributed by atoms with Crippen molar-refractivity contribution in [3.8, 4) is 11.1 Å². The van der Waals surface area contributed by atoms with Crippen LogP contribution in [0.25, 0.3) is 11.1 Å². The van der Waals surface area contributed by atoms with Crippen molar-refractivity contribution in [1.29, 1.82) is 0 Å². The van der Waals surface area contributed by atoms with E-state index in [0.29, 0.717) is 0 Å². The molecule has 22 heavy (non-hydrogen) atoms. The minimum absolute atomic E-state index is 0.184. The van der Waals surface area contributed by atoms with Crippen molar-refractivity contribution in [2.24, 2.45) is 0 Å². The number of benzene rings is 2. The molecule has 0 saturated carbocycles. The van der Waals surface area contributed by atoms with Gasteiger partial charge < -0.3 is 9.64 Å². The molecule has 1 saturated heterocycles. The molecule has 1 amide bonds. The van der Waals surface area contributed by atoms with Crippen LogP contribution in [0.15, 0.2) is 48.5 Å². The highest BCUT2D eigenvalue weighted by Crippen LogP contribution is 2.45. The maximum atomic E-state index is 12.5. The molecule has 4 rings (SSSR count). The molecular formula is C19H19NO2. The second kappa shape index (κ2) is 5.48. The Hall–Kier alpha value is -2.29. The average Bonchev–Trinajstić information content (AvgIpc) is 2.90. The molecule has 0 aromatic heterocycles. The molecule has 0 N–H and O–H groups in total. The van der Waals surface area contributed by atoms with Crippen molar-refractivity contribution in [2.45, 2.75) is 25.4 Å². The Balaban J connectivity index is 1.65. The van der Waals surface area contributed by atoms with Crippen molar-refractivity contribution < 1.29 is 9.53 Å². The summed E-state index contributed by atoms with van der Waals surface area (Å²) >= 11 is 0. The van der Waals surface area contributed by atoms with Crippen LogP contribution in [0.5, 0.6) is 0 Å². The van der Waals surface area contributed by atoms with E-state index in [2.05, 4.69) is 24.3 Å². The van der Waals surface area contributed by atoms with Crippen molar-refractivity contribution in [1.82, 2.24) is 4.90 Å². The van der Waals surface area contributed by atoms with Gasteiger partial charge in [-0.15, -0.1) is 0 Å². The van der Waals surface area contributed by atoms with Crippen LogP contribution >= 0.6 is 0 Å². The van der Waals surface area contributed by atoms with E-state index >= 15 is 0 Å². The number of hydrogen-bond donors (Lipinski definition) is 0. The number of hydrogen-bond acceptors (Lipinski definition) is 2. The monoisotopic (exact) mass is 293 g/mol. The number of likely N-dealkylation sites (tertiary alicyclic amines) is 1. The molecule has 2 aromatic carbocycles. The summed E-state index contributed by atoms with van der Waals surface area (Å²) in [5.74, 6) is 0. The maximum Gasteiger partial charge on any atom is 0.410 e. The van der Waals surface area contributed by atoms with Gasteiger partial charge in [0, 0.05) is 24.2 Å². The van der Waals surface area contributed by atoms with Gasteiger partial charge in [-0.2, -0.15) is 0 Å². The first kappa shape index (κ1) is 13.4. The van der Waals surface area contributed by atoms with Crippen molar-refractivity contribution in [3.05, 3.63) is 59.7 Å². The Morgan fingerprint density at radius 3 is 2.00 bits per heavy atom. The van der Waals surface area contributed by atoms with E-state index in [1.165, 1.54) is 17.5 Å². The molecular weight excluding hydrogens is 274 g/mol. The summed E-state index contributed by atoms with van der Waals surface area (Å²) in [6.45, 7) is 1.63. The van der Waals surface area contributed by atoms with E-state index in [9.17, 15) is 4.79 Å². The van der Waals surface area contributed by atoms with Crippen LogP contribution in [0.4, 0.5) is 4.79 Å². The van der Waals surface area contributed by atoms with E-state index in [-0.39, 0.29) is 12.2 Å². The van der Waals surface area contributed by atoms with Gasteiger partial charge in [-0.05, 0) is 30.4 Å². The molecule has 1 aliphatic carbocycles. The number of piperidine rings is 1. The Morgan fingerprint density at radius 2 is 1.41 bits per heavy atom. The van der Waals surface area contributed by atoms with E-state index in [0.717, 1.165) is 37.1 Å². The van der Waals surface area contributed by atoms with E-state index < -0.39 is 0 Å². The van der Waals surface area contributed by atoms with Gasteiger partial charge in [0.25, 0.3) is 0 Å². The lowest BCUT2D eigenvalue weighted by Crippen LogP contribution is -2.36. The van der Waals surface area contributed by atoms with E-state index in [1.54, 1.807) is 0 Å². The van der Waals surface area contributed by atoms with Crippen molar-refractivity contribution >= 4 is 6.09 Å². The Labute approximate surface area is 130 Å². The third-order valence-electron chi connectivity index (χ3n) is 4.61. The topological polar surface area (TPSA) is 29.5 Å². The second-order valence-corrected chi connectivity index (χ2v) is 5.99. The zero-order valence-corrected chi connectivity index (χ0v) is 12.5. The quantitative estimate of drug-likeness (QED) is 0.781. The van der Waals surface area contributed by atoms with Crippen molar-refractivity contribution in [2.75, 3.05) is 13.1 Å². The fraction of sp³-hybridized carbons (Fsp3) is 0.316. The van der Waals surface area contributed by atoms with Gasteiger partial charge in [-0.25, -0.2) is 4.79 Å². The number of rotatable bonds is 1. The Kier molecular flexibility index (Phi) is 3.34. The highest BCUT2D eigenvalue weighted by atomic mass is 16.6. The molecule has 0 bridgehead atoms. The molecule has 3 nitrogen and oxygen atoms in total. The number of amides is 1. The molecule has 0 radical (unpaired) electrons. The summed E-state index contributed by atoms with van der Waals surface area (Å²) in [7, 11) is 0. The highest BCUT2D eigenvalue weighted by molar-refractivity contribution is 5.79. The lowest BCUT2D eigenvalue weighted by molar-refractivity contribution is 0.0730. The molecule has 2 aliphatic rings. The Morgan fingerprint density at radius 1 is 0.864 bits per heavy atom. The fourth-order valence-electron chi connectivity index (χ4n) is 3.49. The van der Waals surface area contributed by atoms with Crippen LogP contribution < -0.4 is 0 Å². The van der Waals surface area contributed by atoms with Gasteiger partial charge in [0.15, 0.2) is 6.10 Å². The second-order valence-electron chi connectivity index (χ2n) is 5.99. The summed E-state index contributed by atoms with van der Waals surface area (Å²) in [6.07, 6.45) is 2.90. The van der Waals surface area contributed by atoms with Gasteiger partial charge in [-0.3, -0.25) is 0 Å². The molecule has 0 unspecified atom stereocenters.